The molecule has 1 saturated heterocycles. The summed E-state index contributed by atoms with van der Waals surface area (Å²) >= 11 is 0. The van der Waals surface area contributed by atoms with E-state index >= 15 is 0 Å². The van der Waals surface area contributed by atoms with Crippen LogP contribution in [0.25, 0.3) is 5.52 Å². The maximum atomic E-state index is 11.7. The molecule has 9 nitrogen and oxygen atoms in total. The van der Waals surface area contributed by atoms with E-state index < -0.39 is 0 Å². The van der Waals surface area contributed by atoms with Crippen LogP contribution in [0.3, 0.4) is 0 Å². The van der Waals surface area contributed by atoms with Crippen molar-refractivity contribution in [1.82, 2.24) is 24.8 Å². The Labute approximate surface area is 137 Å². The van der Waals surface area contributed by atoms with Crippen LogP contribution >= 0.6 is 0 Å². The van der Waals surface area contributed by atoms with Gasteiger partial charge in [0, 0.05) is 18.8 Å². The minimum absolute atomic E-state index is 0.345. The second-order valence-corrected chi connectivity index (χ2v) is 5.90. The number of aryl methyl sites for hydroxylation is 1. The summed E-state index contributed by atoms with van der Waals surface area (Å²) in [7, 11) is 0. The number of aromatic amines is 1. The van der Waals surface area contributed by atoms with Crippen molar-refractivity contribution in [3.63, 3.8) is 0 Å². The molecular formula is C15H18N8O. The summed E-state index contributed by atoms with van der Waals surface area (Å²) in [6, 6.07) is 5.35. The van der Waals surface area contributed by atoms with E-state index in [1.54, 1.807) is 4.52 Å². The topological polar surface area (TPSA) is 117 Å². The van der Waals surface area contributed by atoms with Crippen LogP contribution in [-0.4, -0.2) is 43.3 Å². The van der Waals surface area contributed by atoms with E-state index in [-0.39, 0.29) is 11.9 Å². The predicted octanol–water partition coefficient (Wildman–Crippen LogP) is 0.959. The number of fused-ring (bicyclic) bond motifs is 1. The minimum atomic E-state index is -0.361. The van der Waals surface area contributed by atoms with Crippen LogP contribution in [0.5, 0.6) is 0 Å². The first-order valence-corrected chi connectivity index (χ1v) is 7.82. The van der Waals surface area contributed by atoms with Crippen LogP contribution in [0.2, 0.25) is 0 Å². The monoisotopic (exact) mass is 326 g/mol. The maximum absolute atomic E-state index is 11.7. The summed E-state index contributed by atoms with van der Waals surface area (Å²) in [5.74, 6) is 1.53. The first kappa shape index (κ1) is 14.5. The molecule has 124 valence electrons. The molecule has 0 radical (unpaired) electrons. The molecule has 24 heavy (non-hydrogen) atoms. The molecule has 0 aromatic carbocycles. The Hall–Kier alpha value is -3.10. The number of carbonyl (C=O) groups excluding carboxylic acids is 1. The SMILES string of the molecule is Cc1cc(Nc2nc(N3CCC[C@H]3C(N)=O)nn3cccc23)[nH]n1. The molecule has 0 unspecified atom stereocenters. The number of carbonyl (C=O) groups is 1. The highest BCUT2D eigenvalue weighted by Gasteiger charge is 2.31. The number of amides is 1. The number of hydrogen-bond acceptors (Lipinski definition) is 6. The van der Waals surface area contributed by atoms with Gasteiger partial charge in [0.25, 0.3) is 0 Å². The molecule has 9 heteroatoms. The van der Waals surface area contributed by atoms with Gasteiger partial charge in [-0.2, -0.15) is 10.1 Å². The van der Waals surface area contributed by atoms with E-state index in [4.69, 9.17) is 5.73 Å². The number of rotatable bonds is 4. The van der Waals surface area contributed by atoms with Crippen LogP contribution in [0, 0.1) is 6.92 Å². The third-order valence-electron chi connectivity index (χ3n) is 4.18. The van der Waals surface area contributed by atoms with Gasteiger partial charge in [0.15, 0.2) is 5.82 Å². The molecule has 1 aliphatic heterocycles. The molecule has 3 aromatic heterocycles. The van der Waals surface area contributed by atoms with Crippen molar-refractivity contribution in [2.75, 3.05) is 16.8 Å². The predicted molar refractivity (Wildman–Crippen MR) is 89.2 cm³/mol. The third-order valence-corrected chi connectivity index (χ3v) is 4.18. The molecule has 0 spiro atoms. The molecule has 1 aliphatic rings. The van der Waals surface area contributed by atoms with Gasteiger partial charge in [0.2, 0.25) is 11.9 Å². The molecule has 1 amide bonds. The Kier molecular flexibility index (Phi) is 3.33. The molecule has 4 heterocycles. The van der Waals surface area contributed by atoms with Gasteiger partial charge in [-0.3, -0.25) is 9.89 Å². The van der Waals surface area contributed by atoms with Gasteiger partial charge in [-0.05, 0) is 31.9 Å². The first-order chi connectivity index (χ1) is 11.6. The fourth-order valence-corrected chi connectivity index (χ4v) is 3.05. The average Bonchev–Trinajstić information content (AvgIpc) is 3.26. The molecule has 4 N–H and O–H groups in total. The second kappa shape index (κ2) is 5.52. The summed E-state index contributed by atoms with van der Waals surface area (Å²) in [5, 5.41) is 14.8. The Morgan fingerprint density at radius 3 is 3.12 bits per heavy atom. The molecule has 1 atom stereocenters. The molecular weight excluding hydrogens is 308 g/mol. The van der Waals surface area contributed by atoms with Crippen molar-refractivity contribution in [2.45, 2.75) is 25.8 Å². The van der Waals surface area contributed by atoms with E-state index in [1.165, 1.54) is 0 Å². The lowest BCUT2D eigenvalue weighted by molar-refractivity contribution is -0.119. The highest BCUT2D eigenvalue weighted by atomic mass is 16.1. The highest BCUT2D eigenvalue weighted by molar-refractivity contribution is 5.84. The second-order valence-electron chi connectivity index (χ2n) is 5.90. The lowest BCUT2D eigenvalue weighted by Crippen LogP contribution is -2.41. The van der Waals surface area contributed by atoms with Gasteiger partial charge < -0.3 is 16.0 Å². The number of nitrogens with one attached hydrogen (secondary N) is 2. The third kappa shape index (κ3) is 2.43. The number of nitrogens with zero attached hydrogens (tertiary/aromatic N) is 5. The Balaban J connectivity index is 1.76. The van der Waals surface area contributed by atoms with Crippen molar-refractivity contribution in [2.24, 2.45) is 5.73 Å². The minimum Gasteiger partial charge on any atom is -0.368 e. The van der Waals surface area contributed by atoms with Crippen molar-refractivity contribution in [3.8, 4) is 0 Å². The van der Waals surface area contributed by atoms with Crippen molar-refractivity contribution < 1.29 is 4.79 Å². The molecule has 3 aromatic rings. The van der Waals surface area contributed by atoms with Gasteiger partial charge in [0.05, 0.1) is 5.69 Å². The number of anilines is 3. The zero-order valence-corrected chi connectivity index (χ0v) is 13.2. The fraction of sp³-hybridized carbons (Fsp3) is 0.333. The number of aromatic nitrogens is 5. The summed E-state index contributed by atoms with van der Waals surface area (Å²) in [4.78, 5) is 18.2. The first-order valence-electron chi connectivity index (χ1n) is 7.82. The van der Waals surface area contributed by atoms with Crippen LogP contribution < -0.4 is 16.0 Å². The number of primary amides is 1. The van der Waals surface area contributed by atoms with E-state index in [2.05, 4.69) is 25.6 Å². The normalized spacial score (nSPS) is 17.5. The highest BCUT2D eigenvalue weighted by Crippen LogP contribution is 2.26. The number of hydrogen-bond donors (Lipinski definition) is 3. The maximum Gasteiger partial charge on any atom is 0.246 e. The van der Waals surface area contributed by atoms with Gasteiger partial charge in [-0.25, -0.2) is 4.52 Å². The number of H-pyrrole nitrogens is 1. The van der Waals surface area contributed by atoms with Crippen molar-refractivity contribution in [3.05, 3.63) is 30.1 Å². The van der Waals surface area contributed by atoms with Crippen LogP contribution in [-0.2, 0) is 4.79 Å². The van der Waals surface area contributed by atoms with Crippen molar-refractivity contribution in [1.29, 1.82) is 0 Å². The average molecular weight is 326 g/mol. The van der Waals surface area contributed by atoms with Crippen LogP contribution in [0.1, 0.15) is 18.5 Å². The quantitative estimate of drug-likeness (QED) is 0.657. The van der Waals surface area contributed by atoms with E-state index in [0.29, 0.717) is 18.3 Å². The zero-order valence-electron chi connectivity index (χ0n) is 13.2. The summed E-state index contributed by atoms with van der Waals surface area (Å²) in [6.07, 6.45) is 3.47. The Morgan fingerprint density at radius 2 is 2.38 bits per heavy atom. The lowest BCUT2D eigenvalue weighted by atomic mass is 10.2. The fourth-order valence-electron chi connectivity index (χ4n) is 3.05. The smallest absolute Gasteiger partial charge is 0.246 e. The van der Waals surface area contributed by atoms with E-state index in [9.17, 15) is 4.79 Å². The lowest BCUT2D eigenvalue weighted by Gasteiger charge is -2.22. The number of nitrogens with two attached hydrogens (primary N) is 1. The molecule has 1 fully saturated rings. The van der Waals surface area contributed by atoms with E-state index in [1.807, 2.05) is 36.2 Å². The van der Waals surface area contributed by atoms with Gasteiger partial charge in [0.1, 0.15) is 17.4 Å². The Bertz CT molecular complexity index is 898. The van der Waals surface area contributed by atoms with Crippen molar-refractivity contribution >= 4 is 29.0 Å². The summed E-state index contributed by atoms with van der Waals surface area (Å²) < 4.78 is 1.74. The molecule has 0 aliphatic carbocycles. The summed E-state index contributed by atoms with van der Waals surface area (Å²) in [6.45, 7) is 2.62. The largest absolute Gasteiger partial charge is 0.368 e. The standard InChI is InChI=1S/C15H18N8O/c1-9-8-12(20-19-9)17-14-11-5-3-7-23(11)21-15(18-14)22-6-2-4-10(22)13(16)24/h3,5,7-8,10H,2,4,6H2,1H3,(H2,16,24)(H2,17,18,19,20,21)/t10-/m0/s1. The molecule has 4 rings (SSSR count). The summed E-state index contributed by atoms with van der Waals surface area (Å²) in [5.41, 5.74) is 7.23. The van der Waals surface area contributed by atoms with Gasteiger partial charge in [-0.15, -0.1) is 5.10 Å². The van der Waals surface area contributed by atoms with Crippen LogP contribution in [0.15, 0.2) is 24.4 Å². The molecule has 0 bridgehead atoms. The Morgan fingerprint density at radius 1 is 1.50 bits per heavy atom. The van der Waals surface area contributed by atoms with Gasteiger partial charge in [-0.1, -0.05) is 0 Å². The van der Waals surface area contributed by atoms with Gasteiger partial charge >= 0.3 is 0 Å². The van der Waals surface area contributed by atoms with Crippen LogP contribution in [0.4, 0.5) is 17.6 Å². The van der Waals surface area contributed by atoms with E-state index in [0.717, 1.165) is 29.9 Å². The zero-order chi connectivity index (χ0) is 16.7. The molecule has 0 saturated carbocycles.